The summed E-state index contributed by atoms with van der Waals surface area (Å²) in [5.41, 5.74) is 1.59. The second-order valence-corrected chi connectivity index (χ2v) is 6.85. The number of nitrogens with zero attached hydrogens (tertiary/aromatic N) is 1. The van der Waals surface area contributed by atoms with E-state index in [0.717, 1.165) is 6.42 Å². The highest BCUT2D eigenvalue weighted by atomic mass is 19.1. The molecule has 2 N–H and O–H groups in total. The average molecular weight is 383 g/mol. The van der Waals surface area contributed by atoms with E-state index in [-0.39, 0.29) is 23.6 Å². The molecule has 1 saturated heterocycles. The van der Waals surface area contributed by atoms with Crippen molar-refractivity contribution in [2.75, 3.05) is 23.7 Å². The predicted octanol–water partition coefficient (Wildman–Crippen LogP) is 3.28. The van der Waals surface area contributed by atoms with Crippen molar-refractivity contribution in [1.82, 2.24) is 4.90 Å². The van der Waals surface area contributed by atoms with Crippen LogP contribution in [0.25, 0.3) is 0 Å². The van der Waals surface area contributed by atoms with Crippen LogP contribution in [0.15, 0.2) is 48.5 Å². The molecule has 0 bridgehead atoms. The zero-order valence-corrected chi connectivity index (χ0v) is 15.6. The third-order valence-corrected chi connectivity index (χ3v) is 4.62. The number of halogens is 1. The monoisotopic (exact) mass is 383 g/mol. The van der Waals surface area contributed by atoms with Crippen molar-refractivity contribution in [3.05, 3.63) is 59.9 Å². The number of amides is 3. The van der Waals surface area contributed by atoms with E-state index in [0.29, 0.717) is 36.4 Å². The van der Waals surface area contributed by atoms with Crippen LogP contribution in [0.2, 0.25) is 0 Å². The Labute approximate surface area is 162 Å². The van der Waals surface area contributed by atoms with E-state index in [2.05, 4.69) is 10.6 Å². The van der Waals surface area contributed by atoms with E-state index < -0.39 is 5.82 Å². The lowest BCUT2D eigenvalue weighted by Crippen LogP contribution is -2.43. The molecular formula is C21H22FN3O3. The van der Waals surface area contributed by atoms with E-state index in [9.17, 15) is 18.8 Å². The minimum Gasteiger partial charge on any atom is -0.338 e. The number of hydrogen-bond donors (Lipinski definition) is 2. The maximum atomic E-state index is 13.1. The lowest BCUT2D eigenvalue weighted by molar-refractivity contribution is -0.121. The smallest absolute Gasteiger partial charge is 0.253 e. The quantitative estimate of drug-likeness (QED) is 0.851. The first kappa shape index (κ1) is 19.5. The Bertz CT molecular complexity index is 883. The fourth-order valence-corrected chi connectivity index (χ4v) is 3.27. The number of rotatable bonds is 4. The Hall–Kier alpha value is -3.22. The maximum absolute atomic E-state index is 13.1. The molecule has 6 nitrogen and oxygen atoms in total. The average Bonchev–Trinajstić information content (AvgIpc) is 2.68. The van der Waals surface area contributed by atoms with Gasteiger partial charge in [0.15, 0.2) is 0 Å². The van der Waals surface area contributed by atoms with Crippen LogP contribution in [0.3, 0.4) is 0 Å². The molecule has 146 valence electrons. The zero-order valence-electron chi connectivity index (χ0n) is 15.6. The van der Waals surface area contributed by atoms with E-state index in [4.69, 9.17) is 0 Å². The van der Waals surface area contributed by atoms with Crippen LogP contribution in [-0.2, 0) is 9.59 Å². The van der Waals surface area contributed by atoms with Gasteiger partial charge in [-0.05, 0) is 55.3 Å². The summed E-state index contributed by atoms with van der Waals surface area (Å²) in [7, 11) is 0. The van der Waals surface area contributed by atoms with Gasteiger partial charge in [-0.3, -0.25) is 14.4 Å². The lowest BCUT2D eigenvalue weighted by atomic mass is 9.96. The summed E-state index contributed by atoms with van der Waals surface area (Å²) < 4.78 is 13.1. The highest BCUT2D eigenvalue weighted by molar-refractivity contribution is 5.97. The van der Waals surface area contributed by atoms with Gasteiger partial charge in [0.1, 0.15) is 5.82 Å². The minimum absolute atomic E-state index is 0.170. The topological polar surface area (TPSA) is 78.5 Å². The van der Waals surface area contributed by atoms with Crippen LogP contribution < -0.4 is 10.6 Å². The minimum atomic E-state index is -0.394. The van der Waals surface area contributed by atoms with Gasteiger partial charge in [0.05, 0.1) is 5.92 Å². The van der Waals surface area contributed by atoms with E-state index in [1.165, 1.54) is 31.2 Å². The highest BCUT2D eigenvalue weighted by Crippen LogP contribution is 2.22. The van der Waals surface area contributed by atoms with Gasteiger partial charge in [-0.25, -0.2) is 4.39 Å². The van der Waals surface area contributed by atoms with Crippen molar-refractivity contribution >= 4 is 29.1 Å². The Kier molecular flexibility index (Phi) is 6.03. The van der Waals surface area contributed by atoms with E-state index >= 15 is 0 Å². The zero-order chi connectivity index (χ0) is 20.1. The molecule has 0 unspecified atom stereocenters. The van der Waals surface area contributed by atoms with Gasteiger partial charge in [0.25, 0.3) is 5.91 Å². The van der Waals surface area contributed by atoms with Gasteiger partial charge in [0, 0.05) is 37.0 Å². The maximum Gasteiger partial charge on any atom is 0.253 e. The standard InChI is InChI=1S/C21H22FN3O3/c1-14(26)23-18-5-2-6-19(12-18)24-20(27)16-4-3-11-25(13-16)21(28)15-7-9-17(22)10-8-15/h2,5-10,12,16H,3-4,11,13H2,1H3,(H,23,26)(H,24,27)/t16-/m0/s1. The molecule has 7 heteroatoms. The molecule has 2 aromatic carbocycles. The van der Waals surface area contributed by atoms with Gasteiger partial charge in [-0.1, -0.05) is 6.07 Å². The first-order valence-electron chi connectivity index (χ1n) is 9.16. The summed E-state index contributed by atoms with van der Waals surface area (Å²) in [5.74, 6) is -1.29. The van der Waals surface area contributed by atoms with Gasteiger partial charge in [0.2, 0.25) is 11.8 Å². The van der Waals surface area contributed by atoms with Crippen molar-refractivity contribution in [3.63, 3.8) is 0 Å². The van der Waals surface area contributed by atoms with Gasteiger partial charge < -0.3 is 15.5 Å². The second-order valence-electron chi connectivity index (χ2n) is 6.85. The number of nitrogens with one attached hydrogen (secondary N) is 2. The number of benzene rings is 2. The van der Waals surface area contributed by atoms with Crippen molar-refractivity contribution in [1.29, 1.82) is 0 Å². The molecule has 1 heterocycles. The third-order valence-electron chi connectivity index (χ3n) is 4.62. The largest absolute Gasteiger partial charge is 0.338 e. The van der Waals surface area contributed by atoms with Gasteiger partial charge in [-0.15, -0.1) is 0 Å². The fourth-order valence-electron chi connectivity index (χ4n) is 3.27. The van der Waals surface area contributed by atoms with E-state index in [1.54, 1.807) is 29.2 Å². The van der Waals surface area contributed by atoms with Crippen LogP contribution in [0.4, 0.5) is 15.8 Å². The molecule has 0 aliphatic carbocycles. The molecule has 3 rings (SSSR count). The number of carbonyl (C=O) groups excluding carboxylic acids is 3. The summed E-state index contributed by atoms with van der Waals surface area (Å²) in [6, 6.07) is 12.3. The molecule has 0 spiro atoms. The summed E-state index contributed by atoms with van der Waals surface area (Å²) in [4.78, 5) is 38.1. The molecule has 1 atom stereocenters. The summed E-state index contributed by atoms with van der Waals surface area (Å²) in [6.07, 6.45) is 1.40. The number of piperidine rings is 1. The third kappa shape index (κ3) is 4.94. The number of carbonyl (C=O) groups is 3. The molecule has 1 aliphatic rings. The molecule has 2 aromatic rings. The van der Waals surface area contributed by atoms with Crippen molar-refractivity contribution in [2.24, 2.45) is 5.92 Å². The highest BCUT2D eigenvalue weighted by Gasteiger charge is 2.29. The van der Waals surface area contributed by atoms with Crippen LogP contribution in [-0.4, -0.2) is 35.7 Å². The van der Waals surface area contributed by atoms with Crippen LogP contribution in [0.5, 0.6) is 0 Å². The van der Waals surface area contributed by atoms with Crippen LogP contribution >= 0.6 is 0 Å². The van der Waals surface area contributed by atoms with Crippen molar-refractivity contribution in [2.45, 2.75) is 19.8 Å². The second kappa shape index (κ2) is 8.65. The van der Waals surface area contributed by atoms with Crippen molar-refractivity contribution < 1.29 is 18.8 Å². The van der Waals surface area contributed by atoms with Gasteiger partial charge >= 0.3 is 0 Å². The Morgan fingerprint density at radius 2 is 1.71 bits per heavy atom. The molecule has 0 aromatic heterocycles. The van der Waals surface area contributed by atoms with Gasteiger partial charge in [-0.2, -0.15) is 0 Å². The molecule has 1 aliphatic heterocycles. The Morgan fingerprint density at radius 3 is 2.39 bits per heavy atom. The number of anilines is 2. The molecular weight excluding hydrogens is 361 g/mol. The molecule has 0 radical (unpaired) electrons. The molecule has 0 saturated carbocycles. The Balaban J connectivity index is 1.63. The van der Waals surface area contributed by atoms with Crippen LogP contribution in [0.1, 0.15) is 30.1 Å². The summed E-state index contributed by atoms with van der Waals surface area (Å²) in [6.45, 7) is 2.30. The first-order chi connectivity index (χ1) is 13.4. The molecule has 1 fully saturated rings. The van der Waals surface area contributed by atoms with Crippen molar-refractivity contribution in [3.8, 4) is 0 Å². The Morgan fingerprint density at radius 1 is 1.04 bits per heavy atom. The number of hydrogen-bond acceptors (Lipinski definition) is 3. The number of likely N-dealkylation sites (tertiary alicyclic amines) is 1. The fraction of sp³-hybridized carbons (Fsp3) is 0.286. The van der Waals surface area contributed by atoms with Crippen LogP contribution in [0, 0.1) is 11.7 Å². The normalized spacial score (nSPS) is 16.4. The summed E-state index contributed by atoms with van der Waals surface area (Å²) >= 11 is 0. The molecule has 3 amide bonds. The summed E-state index contributed by atoms with van der Waals surface area (Å²) in [5, 5.41) is 5.53. The predicted molar refractivity (Wildman–Crippen MR) is 104 cm³/mol. The molecule has 28 heavy (non-hydrogen) atoms. The SMILES string of the molecule is CC(=O)Nc1cccc(NC(=O)[C@H]2CCCN(C(=O)c3ccc(F)cc3)C2)c1. The first-order valence-corrected chi connectivity index (χ1v) is 9.16. The van der Waals surface area contributed by atoms with E-state index in [1.807, 2.05) is 0 Å². The lowest BCUT2D eigenvalue weighted by Gasteiger charge is -2.32.